The Labute approximate surface area is 131 Å². The molecule has 0 aromatic carbocycles. The number of nitrogens with zero attached hydrogens (tertiary/aromatic N) is 2. The second-order valence-electron chi connectivity index (χ2n) is 7.71. The Morgan fingerprint density at radius 1 is 0.952 bits per heavy atom. The van der Waals surface area contributed by atoms with E-state index < -0.39 is 0 Å². The summed E-state index contributed by atoms with van der Waals surface area (Å²) >= 11 is 0. The van der Waals surface area contributed by atoms with Gasteiger partial charge in [-0.3, -0.25) is 4.79 Å². The summed E-state index contributed by atoms with van der Waals surface area (Å²) in [6.07, 6.45) is 4.87. The summed E-state index contributed by atoms with van der Waals surface area (Å²) < 4.78 is 0. The summed E-state index contributed by atoms with van der Waals surface area (Å²) in [6, 6.07) is 0.698. The van der Waals surface area contributed by atoms with Crippen LogP contribution in [0.3, 0.4) is 0 Å². The van der Waals surface area contributed by atoms with E-state index in [9.17, 15) is 4.79 Å². The van der Waals surface area contributed by atoms with Crippen LogP contribution in [0.4, 0.5) is 0 Å². The fourth-order valence-corrected chi connectivity index (χ4v) is 3.89. The van der Waals surface area contributed by atoms with Crippen molar-refractivity contribution in [1.29, 1.82) is 0 Å². The molecule has 0 aromatic rings. The molecule has 3 nitrogen and oxygen atoms in total. The number of piperidine rings is 2. The second kappa shape index (κ2) is 7.73. The van der Waals surface area contributed by atoms with E-state index in [2.05, 4.69) is 23.6 Å². The largest absolute Gasteiger partial charge is 0.303 e. The number of likely N-dealkylation sites (tertiary alicyclic amines) is 2. The zero-order chi connectivity index (χ0) is 15.4. The molecule has 0 amide bonds. The Hall–Kier alpha value is -0.410. The fourth-order valence-electron chi connectivity index (χ4n) is 3.89. The molecule has 2 aliphatic heterocycles. The molecule has 2 heterocycles. The molecule has 0 aliphatic carbocycles. The third kappa shape index (κ3) is 4.79. The van der Waals surface area contributed by atoms with Crippen molar-refractivity contribution in [3.05, 3.63) is 0 Å². The van der Waals surface area contributed by atoms with Gasteiger partial charge in [-0.25, -0.2) is 0 Å². The van der Waals surface area contributed by atoms with Gasteiger partial charge >= 0.3 is 0 Å². The van der Waals surface area contributed by atoms with Crippen LogP contribution in [-0.4, -0.2) is 54.3 Å². The van der Waals surface area contributed by atoms with Crippen molar-refractivity contribution in [2.75, 3.05) is 32.7 Å². The summed E-state index contributed by atoms with van der Waals surface area (Å²) in [6.45, 7) is 14.7. The monoisotopic (exact) mass is 294 g/mol. The zero-order valence-corrected chi connectivity index (χ0v) is 14.5. The van der Waals surface area contributed by atoms with Gasteiger partial charge in [0.25, 0.3) is 0 Å². The van der Waals surface area contributed by atoms with Crippen molar-refractivity contribution in [2.24, 2.45) is 17.8 Å². The summed E-state index contributed by atoms with van der Waals surface area (Å²) in [5.41, 5.74) is 0. The third-order valence-electron chi connectivity index (χ3n) is 5.45. The number of hydrogen-bond acceptors (Lipinski definition) is 3. The second-order valence-corrected chi connectivity index (χ2v) is 7.71. The van der Waals surface area contributed by atoms with E-state index in [1.165, 1.54) is 32.5 Å². The van der Waals surface area contributed by atoms with Crippen molar-refractivity contribution in [2.45, 2.75) is 59.4 Å². The van der Waals surface area contributed by atoms with Crippen molar-refractivity contribution in [3.63, 3.8) is 0 Å². The molecular weight excluding hydrogens is 260 g/mol. The first-order valence-electron chi connectivity index (χ1n) is 8.97. The lowest BCUT2D eigenvalue weighted by molar-refractivity contribution is -0.127. The van der Waals surface area contributed by atoms with Crippen LogP contribution in [0.2, 0.25) is 0 Å². The van der Waals surface area contributed by atoms with Crippen molar-refractivity contribution < 1.29 is 4.79 Å². The Balaban J connectivity index is 1.69. The van der Waals surface area contributed by atoms with E-state index in [4.69, 9.17) is 0 Å². The maximum absolute atomic E-state index is 12.1. The molecule has 0 aromatic heterocycles. The maximum Gasteiger partial charge on any atom is 0.138 e. The van der Waals surface area contributed by atoms with Crippen molar-refractivity contribution >= 4 is 5.78 Å². The van der Waals surface area contributed by atoms with Gasteiger partial charge in [0, 0.05) is 24.4 Å². The first-order valence-corrected chi connectivity index (χ1v) is 8.97. The van der Waals surface area contributed by atoms with E-state index in [0.29, 0.717) is 17.7 Å². The molecule has 0 atom stereocenters. The molecule has 0 saturated carbocycles. The number of rotatable bonds is 5. The summed E-state index contributed by atoms with van der Waals surface area (Å²) in [7, 11) is 0. The van der Waals surface area contributed by atoms with E-state index in [1.807, 2.05) is 13.8 Å². The minimum absolute atomic E-state index is 0.210. The highest BCUT2D eigenvalue weighted by atomic mass is 16.1. The van der Waals surface area contributed by atoms with Crippen molar-refractivity contribution in [3.8, 4) is 0 Å². The predicted molar refractivity (Wildman–Crippen MR) is 88.4 cm³/mol. The molecule has 0 unspecified atom stereocenters. The van der Waals surface area contributed by atoms with Gasteiger partial charge in [0.1, 0.15) is 5.78 Å². The summed E-state index contributed by atoms with van der Waals surface area (Å²) in [5, 5.41) is 0. The first-order chi connectivity index (χ1) is 9.97. The fraction of sp³-hybridized carbons (Fsp3) is 0.944. The van der Waals surface area contributed by atoms with Crippen LogP contribution in [0, 0.1) is 17.8 Å². The van der Waals surface area contributed by atoms with Gasteiger partial charge in [0.2, 0.25) is 0 Å². The lowest BCUT2D eigenvalue weighted by atomic mass is 9.86. The molecule has 0 radical (unpaired) electrons. The number of Topliss-reactive ketones (excluding diaryl/α,β-unsaturated/α-hetero) is 1. The first kappa shape index (κ1) is 17.0. The molecular formula is C18H34N2O. The van der Waals surface area contributed by atoms with Crippen molar-refractivity contribution in [1.82, 2.24) is 9.80 Å². The van der Waals surface area contributed by atoms with E-state index in [1.54, 1.807) is 0 Å². The Kier molecular flexibility index (Phi) is 6.24. The SMILES string of the molecule is CC(C)C(=O)C1CCN(CC2CCN(C(C)C)CC2)CC1. The van der Waals surface area contributed by atoms with E-state index in [0.717, 1.165) is 31.8 Å². The van der Waals surface area contributed by atoms with Crippen LogP contribution in [0.1, 0.15) is 53.4 Å². The van der Waals surface area contributed by atoms with Gasteiger partial charge in [0.15, 0.2) is 0 Å². The molecule has 2 aliphatic rings. The van der Waals surface area contributed by atoms with Gasteiger partial charge in [-0.1, -0.05) is 13.8 Å². The van der Waals surface area contributed by atoms with Gasteiger partial charge in [-0.2, -0.15) is 0 Å². The number of ketones is 1. The topological polar surface area (TPSA) is 23.6 Å². The summed E-state index contributed by atoms with van der Waals surface area (Å²) in [5.74, 6) is 1.91. The maximum atomic E-state index is 12.1. The molecule has 0 spiro atoms. The normalized spacial score (nSPS) is 24.1. The molecule has 0 bridgehead atoms. The molecule has 2 fully saturated rings. The average molecular weight is 294 g/mol. The summed E-state index contributed by atoms with van der Waals surface area (Å²) in [4.78, 5) is 17.3. The van der Waals surface area contributed by atoms with Crippen LogP contribution < -0.4 is 0 Å². The quantitative estimate of drug-likeness (QED) is 0.778. The third-order valence-corrected chi connectivity index (χ3v) is 5.45. The molecule has 2 rings (SSSR count). The number of carbonyl (C=O) groups excluding carboxylic acids is 1. The van der Waals surface area contributed by atoms with Gasteiger partial charge in [-0.05, 0) is 71.6 Å². The Morgan fingerprint density at radius 3 is 2.00 bits per heavy atom. The van der Waals surface area contributed by atoms with Crippen LogP contribution in [0.25, 0.3) is 0 Å². The van der Waals surface area contributed by atoms with Gasteiger partial charge < -0.3 is 9.80 Å². The highest BCUT2D eigenvalue weighted by Gasteiger charge is 2.28. The Morgan fingerprint density at radius 2 is 1.52 bits per heavy atom. The lowest BCUT2D eigenvalue weighted by Crippen LogP contribution is -2.44. The van der Waals surface area contributed by atoms with Gasteiger partial charge in [-0.15, -0.1) is 0 Å². The van der Waals surface area contributed by atoms with Crippen LogP contribution >= 0.6 is 0 Å². The average Bonchev–Trinajstić information content (AvgIpc) is 2.47. The standard InChI is InChI=1S/C18H34N2O/c1-14(2)18(21)17-7-9-19(10-8-17)13-16-5-11-20(12-6-16)15(3)4/h14-17H,5-13H2,1-4H3. The Bertz CT molecular complexity index is 324. The van der Waals surface area contributed by atoms with E-state index >= 15 is 0 Å². The number of hydrogen-bond donors (Lipinski definition) is 0. The van der Waals surface area contributed by atoms with Gasteiger partial charge in [0.05, 0.1) is 0 Å². The van der Waals surface area contributed by atoms with Crippen LogP contribution in [0.5, 0.6) is 0 Å². The lowest BCUT2D eigenvalue weighted by Gasteiger charge is -2.38. The van der Waals surface area contributed by atoms with Crippen LogP contribution in [0.15, 0.2) is 0 Å². The predicted octanol–water partition coefficient (Wildman–Crippen LogP) is 3.04. The highest BCUT2D eigenvalue weighted by molar-refractivity contribution is 5.82. The molecule has 21 heavy (non-hydrogen) atoms. The minimum Gasteiger partial charge on any atom is -0.303 e. The van der Waals surface area contributed by atoms with Crippen LogP contribution in [-0.2, 0) is 4.79 Å². The van der Waals surface area contributed by atoms with E-state index in [-0.39, 0.29) is 5.92 Å². The molecule has 2 saturated heterocycles. The smallest absolute Gasteiger partial charge is 0.138 e. The number of carbonyl (C=O) groups is 1. The molecule has 122 valence electrons. The molecule has 0 N–H and O–H groups in total. The minimum atomic E-state index is 0.210. The molecule has 3 heteroatoms. The zero-order valence-electron chi connectivity index (χ0n) is 14.5. The highest BCUT2D eigenvalue weighted by Crippen LogP contribution is 2.25.